The fourth-order valence-corrected chi connectivity index (χ4v) is 2.73. The Balaban J connectivity index is 3.63. The normalized spacial score (nSPS) is 11.4. The number of hydrogen-bond acceptors (Lipinski definition) is 3. The van der Waals surface area contributed by atoms with Gasteiger partial charge in [-0.25, -0.2) is 17.2 Å². The molecule has 0 atom stereocenters. The van der Waals surface area contributed by atoms with Crippen LogP contribution < -0.4 is 11.5 Å². The van der Waals surface area contributed by atoms with Gasteiger partial charge in [-0.1, -0.05) is 11.6 Å². The van der Waals surface area contributed by atoms with Gasteiger partial charge in [0.25, 0.3) is 12.3 Å². The monoisotopic (exact) mass is 325 g/mol. The number of sulfone groups is 1. The first-order chi connectivity index (χ1) is 9.04. The average molecular weight is 326 g/mol. The van der Waals surface area contributed by atoms with Gasteiger partial charge in [0.2, 0.25) is 0 Å². The molecule has 0 bridgehead atoms. The van der Waals surface area contributed by atoms with Crippen molar-refractivity contribution >= 4 is 33.3 Å². The van der Waals surface area contributed by atoms with Crippen LogP contribution in [0.4, 0.5) is 8.78 Å². The number of rotatable bonds is 3. The summed E-state index contributed by atoms with van der Waals surface area (Å²) in [6.07, 6.45) is -2.22. The molecule has 1 aromatic rings. The number of guanidine groups is 1. The number of nitrogens with two attached hydrogens (primary N) is 2. The molecular weight excluding hydrogens is 316 g/mol. The zero-order chi connectivity index (χ0) is 15.7. The lowest BCUT2D eigenvalue weighted by Gasteiger charge is -2.10. The van der Waals surface area contributed by atoms with E-state index in [9.17, 15) is 22.0 Å². The van der Waals surface area contributed by atoms with Gasteiger partial charge in [0.05, 0.1) is 15.5 Å². The number of carbonyl (C=O) groups is 1. The van der Waals surface area contributed by atoms with Crippen molar-refractivity contribution in [2.24, 2.45) is 16.5 Å². The molecule has 6 nitrogen and oxygen atoms in total. The Bertz CT molecular complexity index is 685. The Morgan fingerprint density at radius 2 is 1.90 bits per heavy atom. The molecule has 0 aliphatic heterocycles. The predicted molar refractivity (Wildman–Crippen MR) is 69.7 cm³/mol. The summed E-state index contributed by atoms with van der Waals surface area (Å²) in [4.78, 5) is 14.3. The maximum absolute atomic E-state index is 12.9. The van der Waals surface area contributed by atoms with Gasteiger partial charge in [-0.3, -0.25) is 4.79 Å². The summed E-state index contributed by atoms with van der Waals surface area (Å²) in [5.41, 5.74) is 8.59. The first-order valence-electron chi connectivity index (χ1n) is 4.99. The maximum Gasteiger partial charge on any atom is 0.280 e. The molecule has 0 aliphatic carbocycles. The van der Waals surface area contributed by atoms with Crippen LogP contribution >= 0.6 is 11.6 Å². The quantitative estimate of drug-likeness (QED) is 0.637. The molecule has 110 valence electrons. The number of benzene rings is 1. The summed E-state index contributed by atoms with van der Waals surface area (Å²) in [6.45, 7) is 0. The van der Waals surface area contributed by atoms with Gasteiger partial charge < -0.3 is 11.5 Å². The van der Waals surface area contributed by atoms with E-state index in [1.807, 2.05) is 0 Å². The topological polar surface area (TPSA) is 116 Å². The van der Waals surface area contributed by atoms with E-state index in [1.54, 1.807) is 0 Å². The zero-order valence-corrected chi connectivity index (χ0v) is 11.7. The third-order valence-corrected chi connectivity index (χ3v) is 3.76. The maximum atomic E-state index is 12.9. The molecule has 0 spiro atoms. The molecule has 0 fully saturated rings. The summed E-state index contributed by atoms with van der Waals surface area (Å²) < 4.78 is 48.7. The van der Waals surface area contributed by atoms with Crippen LogP contribution in [0.2, 0.25) is 5.02 Å². The highest BCUT2D eigenvalue weighted by atomic mass is 35.5. The van der Waals surface area contributed by atoms with Crippen molar-refractivity contribution in [1.82, 2.24) is 0 Å². The molecule has 0 radical (unpaired) electrons. The van der Waals surface area contributed by atoms with E-state index >= 15 is 0 Å². The van der Waals surface area contributed by atoms with Crippen LogP contribution in [0, 0.1) is 0 Å². The molecule has 0 unspecified atom stereocenters. The second-order valence-electron chi connectivity index (χ2n) is 3.78. The van der Waals surface area contributed by atoms with Crippen LogP contribution in [0.5, 0.6) is 0 Å². The van der Waals surface area contributed by atoms with Gasteiger partial charge in [0, 0.05) is 11.8 Å². The van der Waals surface area contributed by atoms with Crippen molar-refractivity contribution in [2.45, 2.75) is 11.3 Å². The lowest BCUT2D eigenvalue weighted by atomic mass is 10.1. The van der Waals surface area contributed by atoms with Crippen molar-refractivity contribution in [2.75, 3.05) is 6.26 Å². The molecule has 20 heavy (non-hydrogen) atoms. The summed E-state index contributed by atoms with van der Waals surface area (Å²) in [5.74, 6) is -1.81. The summed E-state index contributed by atoms with van der Waals surface area (Å²) in [7, 11) is -3.80. The molecule has 4 N–H and O–H groups in total. The van der Waals surface area contributed by atoms with Crippen molar-refractivity contribution in [3.8, 4) is 0 Å². The molecule has 0 aliphatic rings. The van der Waals surface area contributed by atoms with Crippen LogP contribution in [-0.2, 0) is 9.84 Å². The minimum Gasteiger partial charge on any atom is -0.370 e. The third kappa shape index (κ3) is 3.64. The van der Waals surface area contributed by atoms with Gasteiger partial charge in [-0.2, -0.15) is 4.99 Å². The van der Waals surface area contributed by atoms with E-state index in [-0.39, 0.29) is 0 Å². The van der Waals surface area contributed by atoms with Crippen LogP contribution in [0.15, 0.2) is 22.0 Å². The summed E-state index contributed by atoms with van der Waals surface area (Å²) >= 11 is 5.63. The van der Waals surface area contributed by atoms with Crippen LogP contribution in [-0.4, -0.2) is 26.5 Å². The molecule has 0 aromatic heterocycles. The standard InChI is InChI=1S/C10H10ClF2N3O3S/c1-20(18,19)7-3-5(9(17)16-10(14)15)4(8(12)13)2-6(7)11/h2-3,8H,1H3,(H4,14,15,16,17). The fourth-order valence-electron chi connectivity index (χ4n) is 1.40. The number of aliphatic imine (C=N–C) groups is 1. The smallest absolute Gasteiger partial charge is 0.280 e. The van der Waals surface area contributed by atoms with E-state index in [2.05, 4.69) is 4.99 Å². The minimum atomic E-state index is -3.80. The van der Waals surface area contributed by atoms with Gasteiger partial charge in [-0.15, -0.1) is 0 Å². The Morgan fingerprint density at radius 3 is 2.30 bits per heavy atom. The van der Waals surface area contributed by atoms with Crippen molar-refractivity contribution in [1.29, 1.82) is 0 Å². The van der Waals surface area contributed by atoms with E-state index in [1.165, 1.54) is 0 Å². The summed E-state index contributed by atoms with van der Waals surface area (Å²) in [5, 5.41) is -0.413. The second kappa shape index (κ2) is 5.71. The van der Waals surface area contributed by atoms with E-state index in [4.69, 9.17) is 23.1 Å². The highest BCUT2D eigenvalue weighted by Crippen LogP contribution is 2.31. The minimum absolute atomic E-state index is 0.413. The molecule has 0 saturated heterocycles. The number of nitrogens with zero attached hydrogens (tertiary/aromatic N) is 1. The van der Waals surface area contributed by atoms with Gasteiger partial charge in [0.1, 0.15) is 0 Å². The zero-order valence-electron chi connectivity index (χ0n) is 10.1. The van der Waals surface area contributed by atoms with E-state index in [0.29, 0.717) is 6.07 Å². The Morgan fingerprint density at radius 1 is 1.35 bits per heavy atom. The molecule has 0 heterocycles. The molecule has 10 heteroatoms. The SMILES string of the molecule is CS(=O)(=O)c1cc(C(=O)N=C(N)N)c(C(F)F)cc1Cl. The Hall–Kier alpha value is -1.74. The molecule has 1 aromatic carbocycles. The number of amides is 1. The Labute approximate surface area is 118 Å². The molecule has 1 amide bonds. The number of hydrogen-bond donors (Lipinski definition) is 2. The number of halogens is 3. The molecular formula is C10H10ClF2N3O3S. The predicted octanol–water partition coefficient (Wildman–Crippen LogP) is 1.09. The largest absolute Gasteiger partial charge is 0.370 e. The van der Waals surface area contributed by atoms with Crippen LogP contribution in [0.25, 0.3) is 0 Å². The van der Waals surface area contributed by atoms with Gasteiger partial charge in [-0.05, 0) is 12.1 Å². The van der Waals surface area contributed by atoms with Crippen molar-refractivity contribution in [3.05, 3.63) is 28.3 Å². The number of carbonyl (C=O) groups excluding carboxylic acids is 1. The van der Waals surface area contributed by atoms with Crippen molar-refractivity contribution < 1.29 is 22.0 Å². The first-order valence-corrected chi connectivity index (χ1v) is 7.26. The highest BCUT2D eigenvalue weighted by molar-refractivity contribution is 7.90. The summed E-state index contributed by atoms with van der Waals surface area (Å²) in [6, 6.07) is 1.44. The Kier molecular flexibility index (Phi) is 4.66. The second-order valence-corrected chi connectivity index (χ2v) is 6.18. The number of alkyl halides is 2. The van der Waals surface area contributed by atoms with Crippen molar-refractivity contribution in [3.63, 3.8) is 0 Å². The first kappa shape index (κ1) is 16.3. The third-order valence-electron chi connectivity index (χ3n) is 2.20. The lowest BCUT2D eigenvalue weighted by Crippen LogP contribution is -2.24. The lowest BCUT2D eigenvalue weighted by molar-refractivity contribution is 0.0988. The fraction of sp³-hybridized carbons (Fsp3) is 0.200. The van der Waals surface area contributed by atoms with E-state index in [0.717, 1.165) is 12.3 Å². The molecule has 0 saturated carbocycles. The van der Waals surface area contributed by atoms with Gasteiger partial charge >= 0.3 is 0 Å². The van der Waals surface area contributed by atoms with Crippen LogP contribution in [0.3, 0.4) is 0 Å². The molecule has 1 rings (SSSR count). The average Bonchev–Trinajstić information content (AvgIpc) is 2.25. The highest BCUT2D eigenvalue weighted by Gasteiger charge is 2.24. The van der Waals surface area contributed by atoms with E-state index < -0.39 is 49.2 Å². The van der Waals surface area contributed by atoms with Gasteiger partial charge in [0.15, 0.2) is 15.8 Å². The van der Waals surface area contributed by atoms with Crippen LogP contribution in [0.1, 0.15) is 22.3 Å².